The third-order valence-corrected chi connectivity index (χ3v) is 4.82. The van der Waals surface area contributed by atoms with E-state index in [0.717, 1.165) is 16.2 Å². The number of hydrogen-bond donors (Lipinski definition) is 1. The molecule has 0 fully saturated rings. The molecule has 0 saturated heterocycles. The van der Waals surface area contributed by atoms with Crippen molar-refractivity contribution >= 4 is 33.3 Å². The van der Waals surface area contributed by atoms with Crippen molar-refractivity contribution in [2.45, 2.75) is 0 Å². The normalized spacial score (nSPS) is 10.8. The molecule has 0 aliphatic carbocycles. The summed E-state index contributed by atoms with van der Waals surface area (Å²) in [7, 11) is 4.40. The van der Waals surface area contributed by atoms with Gasteiger partial charge in [0.15, 0.2) is 11.5 Å². The van der Waals surface area contributed by atoms with Gasteiger partial charge in [-0.3, -0.25) is 4.79 Å². The highest BCUT2D eigenvalue weighted by Gasteiger charge is 2.18. The van der Waals surface area contributed by atoms with Gasteiger partial charge < -0.3 is 23.9 Å². The van der Waals surface area contributed by atoms with Gasteiger partial charge in [-0.25, -0.2) is 4.79 Å². The molecule has 7 nitrogen and oxygen atoms in total. The molecule has 4 aromatic rings. The van der Waals surface area contributed by atoms with E-state index in [0.29, 0.717) is 22.8 Å². The first kappa shape index (κ1) is 19.3. The van der Waals surface area contributed by atoms with Crippen LogP contribution in [-0.2, 0) is 0 Å². The SMILES string of the molecule is COc1cc(C(=O)Nc2cc3c(ccc4ccccc43)oc2=O)cc(OC)c1OC. The Balaban J connectivity index is 1.77. The summed E-state index contributed by atoms with van der Waals surface area (Å²) in [5.74, 6) is 0.520. The molecular weight excluding hydrogens is 386 g/mol. The highest BCUT2D eigenvalue weighted by Crippen LogP contribution is 2.38. The molecule has 30 heavy (non-hydrogen) atoms. The lowest BCUT2D eigenvalue weighted by Gasteiger charge is -2.14. The van der Waals surface area contributed by atoms with Gasteiger partial charge in [0.1, 0.15) is 11.3 Å². The molecule has 0 bridgehead atoms. The third kappa shape index (κ3) is 3.30. The van der Waals surface area contributed by atoms with Crippen molar-refractivity contribution < 1.29 is 23.4 Å². The second-order valence-electron chi connectivity index (χ2n) is 6.51. The summed E-state index contributed by atoms with van der Waals surface area (Å²) in [6, 6.07) is 16.0. The van der Waals surface area contributed by atoms with Crippen LogP contribution in [0.4, 0.5) is 5.69 Å². The van der Waals surface area contributed by atoms with E-state index in [1.54, 1.807) is 12.1 Å². The van der Waals surface area contributed by atoms with Crippen molar-refractivity contribution in [3.05, 3.63) is 70.6 Å². The molecule has 1 amide bonds. The number of carbonyl (C=O) groups is 1. The largest absolute Gasteiger partial charge is 0.493 e. The predicted octanol–water partition coefficient (Wildman–Crippen LogP) is 4.22. The summed E-state index contributed by atoms with van der Waals surface area (Å²) in [5.41, 5.74) is 0.0857. The number of fused-ring (bicyclic) bond motifs is 3. The molecule has 4 rings (SSSR count). The highest BCUT2D eigenvalue weighted by atomic mass is 16.5. The number of benzene rings is 3. The first-order valence-electron chi connectivity index (χ1n) is 9.12. The zero-order chi connectivity index (χ0) is 21.3. The monoisotopic (exact) mass is 405 g/mol. The maximum absolute atomic E-state index is 12.9. The zero-order valence-electron chi connectivity index (χ0n) is 16.6. The van der Waals surface area contributed by atoms with Crippen molar-refractivity contribution in [2.24, 2.45) is 0 Å². The highest BCUT2D eigenvalue weighted by molar-refractivity contribution is 6.09. The number of nitrogens with one attached hydrogen (secondary N) is 1. The smallest absolute Gasteiger partial charge is 0.360 e. The van der Waals surface area contributed by atoms with Crippen LogP contribution in [-0.4, -0.2) is 27.2 Å². The number of ether oxygens (including phenoxy) is 3. The van der Waals surface area contributed by atoms with Crippen molar-refractivity contribution in [3.8, 4) is 17.2 Å². The van der Waals surface area contributed by atoms with Gasteiger partial charge in [-0.05, 0) is 35.0 Å². The van der Waals surface area contributed by atoms with E-state index in [-0.39, 0.29) is 11.3 Å². The molecule has 1 aromatic heterocycles. The van der Waals surface area contributed by atoms with Crippen LogP contribution in [0.3, 0.4) is 0 Å². The molecule has 0 unspecified atom stereocenters. The van der Waals surface area contributed by atoms with Crippen LogP contribution in [0.5, 0.6) is 17.2 Å². The summed E-state index contributed by atoms with van der Waals surface area (Å²) in [4.78, 5) is 25.3. The lowest BCUT2D eigenvalue weighted by molar-refractivity contribution is 0.102. The van der Waals surface area contributed by atoms with Gasteiger partial charge in [-0.2, -0.15) is 0 Å². The molecular formula is C23H19NO6. The van der Waals surface area contributed by atoms with E-state index >= 15 is 0 Å². The molecule has 0 spiro atoms. The molecule has 0 saturated carbocycles. The third-order valence-electron chi connectivity index (χ3n) is 4.82. The Bertz CT molecular complexity index is 1300. The summed E-state index contributed by atoms with van der Waals surface area (Å²) < 4.78 is 21.3. The van der Waals surface area contributed by atoms with Gasteiger partial charge in [0.05, 0.1) is 21.3 Å². The average molecular weight is 405 g/mol. The first-order valence-corrected chi connectivity index (χ1v) is 9.12. The van der Waals surface area contributed by atoms with E-state index in [2.05, 4.69) is 5.32 Å². The van der Waals surface area contributed by atoms with Crippen LogP contribution in [0.25, 0.3) is 21.7 Å². The van der Waals surface area contributed by atoms with Crippen molar-refractivity contribution in [1.82, 2.24) is 0 Å². The minimum atomic E-state index is -0.640. The summed E-state index contributed by atoms with van der Waals surface area (Å²) in [5, 5.41) is 5.28. The number of carbonyl (C=O) groups excluding carboxylic acids is 1. The van der Waals surface area contributed by atoms with Gasteiger partial charge >= 0.3 is 5.63 Å². The molecule has 3 aromatic carbocycles. The second kappa shape index (κ2) is 7.79. The standard InChI is InChI=1S/C23H19NO6/c1-27-19-10-14(11-20(28-2)21(19)29-3)22(25)24-17-12-16-15-7-5-4-6-13(15)8-9-18(16)30-23(17)26/h4-12H,1-3H3,(H,24,25). The Morgan fingerprint density at radius 3 is 2.23 bits per heavy atom. The second-order valence-corrected chi connectivity index (χ2v) is 6.51. The van der Waals surface area contributed by atoms with Crippen LogP contribution in [0.1, 0.15) is 10.4 Å². The fourth-order valence-electron chi connectivity index (χ4n) is 3.37. The van der Waals surface area contributed by atoms with Crippen molar-refractivity contribution in [2.75, 3.05) is 26.6 Å². The molecule has 0 atom stereocenters. The van der Waals surface area contributed by atoms with E-state index < -0.39 is 11.5 Å². The molecule has 0 radical (unpaired) electrons. The minimum absolute atomic E-state index is 0.0394. The van der Waals surface area contributed by atoms with E-state index in [9.17, 15) is 9.59 Å². The molecule has 0 aliphatic heterocycles. The fraction of sp³-hybridized carbons (Fsp3) is 0.130. The predicted molar refractivity (Wildman–Crippen MR) is 114 cm³/mol. The number of methoxy groups -OCH3 is 3. The van der Waals surface area contributed by atoms with Crippen LogP contribution < -0.4 is 25.2 Å². The number of rotatable bonds is 5. The Kier molecular flexibility index (Phi) is 5.02. The molecule has 7 heteroatoms. The van der Waals surface area contributed by atoms with Crippen LogP contribution >= 0.6 is 0 Å². The maximum atomic E-state index is 12.9. The summed E-state index contributed by atoms with van der Waals surface area (Å²) >= 11 is 0. The minimum Gasteiger partial charge on any atom is -0.493 e. The van der Waals surface area contributed by atoms with Crippen LogP contribution in [0.2, 0.25) is 0 Å². The van der Waals surface area contributed by atoms with E-state index in [4.69, 9.17) is 18.6 Å². The molecule has 1 N–H and O–H groups in total. The number of anilines is 1. The molecule has 152 valence electrons. The van der Waals surface area contributed by atoms with Gasteiger partial charge in [-0.15, -0.1) is 0 Å². The van der Waals surface area contributed by atoms with Crippen LogP contribution in [0, 0.1) is 0 Å². The summed E-state index contributed by atoms with van der Waals surface area (Å²) in [6.07, 6.45) is 0. The van der Waals surface area contributed by atoms with Crippen LogP contribution in [0.15, 0.2) is 63.8 Å². The quantitative estimate of drug-likeness (QED) is 0.395. The summed E-state index contributed by atoms with van der Waals surface area (Å²) in [6.45, 7) is 0. The first-order chi connectivity index (χ1) is 14.5. The molecule has 0 aliphatic rings. The topological polar surface area (TPSA) is 87.0 Å². The number of amides is 1. The van der Waals surface area contributed by atoms with E-state index in [1.165, 1.54) is 33.5 Å². The maximum Gasteiger partial charge on any atom is 0.360 e. The number of hydrogen-bond acceptors (Lipinski definition) is 6. The Morgan fingerprint density at radius 1 is 0.867 bits per heavy atom. The van der Waals surface area contributed by atoms with Crippen molar-refractivity contribution in [3.63, 3.8) is 0 Å². The Morgan fingerprint density at radius 2 is 1.57 bits per heavy atom. The van der Waals surface area contributed by atoms with E-state index in [1.807, 2.05) is 30.3 Å². The Labute approximate surface area is 171 Å². The zero-order valence-corrected chi connectivity index (χ0v) is 16.6. The van der Waals surface area contributed by atoms with Gasteiger partial charge in [0.2, 0.25) is 5.75 Å². The lowest BCUT2D eigenvalue weighted by Crippen LogP contribution is -2.18. The van der Waals surface area contributed by atoms with Gasteiger partial charge in [0, 0.05) is 10.9 Å². The fourth-order valence-corrected chi connectivity index (χ4v) is 3.37. The van der Waals surface area contributed by atoms with Gasteiger partial charge in [0.25, 0.3) is 5.91 Å². The Hall–Kier alpha value is -4.00. The van der Waals surface area contributed by atoms with Gasteiger partial charge in [-0.1, -0.05) is 30.3 Å². The lowest BCUT2D eigenvalue weighted by atomic mass is 10.1. The molecule has 1 heterocycles. The average Bonchev–Trinajstić information content (AvgIpc) is 2.78. The van der Waals surface area contributed by atoms with Crippen molar-refractivity contribution in [1.29, 1.82) is 0 Å².